The number of hydrogen-bond donors (Lipinski definition) is 0. The Morgan fingerprint density at radius 3 is 2.54 bits per heavy atom. The van der Waals surface area contributed by atoms with Gasteiger partial charge in [0.1, 0.15) is 5.82 Å². The van der Waals surface area contributed by atoms with Crippen molar-refractivity contribution in [1.82, 2.24) is 14.9 Å². The average Bonchev–Trinajstić information content (AvgIpc) is 3.28. The Kier molecular flexibility index (Phi) is 5.76. The Morgan fingerprint density at radius 2 is 1.89 bits per heavy atom. The molecule has 0 bridgehead atoms. The quantitative estimate of drug-likeness (QED) is 0.643. The number of hydrogen-bond acceptors (Lipinski definition) is 4. The number of nitrogens with zero attached hydrogens (tertiary/aromatic N) is 3. The summed E-state index contributed by atoms with van der Waals surface area (Å²) >= 11 is 1.69. The summed E-state index contributed by atoms with van der Waals surface area (Å²) in [6.07, 6.45) is 5.95. The van der Waals surface area contributed by atoms with Crippen LogP contribution in [0, 0.1) is 5.82 Å². The molecule has 1 aromatic carbocycles. The van der Waals surface area contributed by atoms with Crippen molar-refractivity contribution in [1.29, 1.82) is 0 Å². The Morgan fingerprint density at radius 1 is 1.11 bits per heavy atom. The summed E-state index contributed by atoms with van der Waals surface area (Å²) in [4.78, 5) is 24.1. The highest BCUT2D eigenvalue weighted by Crippen LogP contribution is 2.31. The lowest BCUT2D eigenvalue weighted by Crippen LogP contribution is -2.41. The van der Waals surface area contributed by atoms with Crippen LogP contribution in [-0.2, 0) is 11.2 Å². The van der Waals surface area contributed by atoms with Crippen molar-refractivity contribution < 1.29 is 9.18 Å². The van der Waals surface area contributed by atoms with Gasteiger partial charge in [-0.05, 0) is 42.7 Å². The van der Waals surface area contributed by atoms with E-state index in [-0.39, 0.29) is 17.6 Å². The van der Waals surface area contributed by atoms with Crippen LogP contribution in [0.5, 0.6) is 0 Å². The fraction of sp³-hybridized carbons (Fsp3) is 0.318. The van der Waals surface area contributed by atoms with Crippen molar-refractivity contribution in [3.05, 3.63) is 82.3 Å². The van der Waals surface area contributed by atoms with Gasteiger partial charge in [-0.1, -0.05) is 18.2 Å². The van der Waals surface area contributed by atoms with E-state index in [1.54, 1.807) is 29.7 Å². The summed E-state index contributed by atoms with van der Waals surface area (Å²) < 4.78 is 13.4. The van der Waals surface area contributed by atoms with Crippen LogP contribution in [0.1, 0.15) is 40.9 Å². The summed E-state index contributed by atoms with van der Waals surface area (Å²) in [6, 6.07) is 12.0. The maximum absolute atomic E-state index is 13.4. The second-order valence-electron chi connectivity index (χ2n) is 7.10. The lowest BCUT2D eigenvalue weighted by molar-refractivity contribution is -0.133. The van der Waals surface area contributed by atoms with Gasteiger partial charge in [0.25, 0.3) is 0 Å². The van der Waals surface area contributed by atoms with E-state index in [1.165, 1.54) is 12.1 Å². The zero-order chi connectivity index (χ0) is 19.3. The molecule has 0 spiro atoms. The molecule has 0 N–H and O–H groups in total. The highest BCUT2D eigenvalue weighted by atomic mass is 32.1. The second kappa shape index (κ2) is 8.61. The Labute approximate surface area is 168 Å². The van der Waals surface area contributed by atoms with E-state index in [2.05, 4.69) is 9.97 Å². The van der Waals surface area contributed by atoms with E-state index in [0.29, 0.717) is 12.3 Å². The molecule has 3 aromatic rings. The standard InChI is InChI=1S/C22H22FN3OS/c23-18-6-4-16(5-7-18)20(15-19-3-1-2-10-24-19)22(27)26-12-8-17(9-13-26)21-25-11-14-28-21/h1-7,10-11,14,17,20H,8-9,12-13,15H2. The molecule has 28 heavy (non-hydrogen) atoms. The number of benzene rings is 1. The van der Waals surface area contributed by atoms with Crippen LogP contribution >= 0.6 is 11.3 Å². The molecule has 4 rings (SSSR count). The Hall–Kier alpha value is -2.60. The first-order chi connectivity index (χ1) is 13.7. The maximum Gasteiger partial charge on any atom is 0.230 e. The molecule has 3 heterocycles. The lowest BCUT2D eigenvalue weighted by Gasteiger charge is -2.33. The SMILES string of the molecule is O=C(C(Cc1ccccn1)c1ccc(F)cc1)N1CCC(c2nccs2)CC1. The van der Waals surface area contributed by atoms with Crippen molar-refractivity contribution in [3.63, 3.8) is 0 Å². The van der Waals surface area contributed by atoms with E-state index < -0.39 is 0 Å². The number of carbonyl (C=O) groups is 1. The van der Waals surface area contributed by atoms with Crippen LogP contribution in [-0.4, -0.2) is 33.9 Å². The molecule has 4 nitrogen and oxygen atoms in total. The van der Waals surface area contributed by atoms with Gasteiger partial charge in [0.15, 0.2) is 0 Å². The van der Waals surface area contributed by atoms with Crippen molar-refractivity contribution in [3.8, 4) is 0 Å². The summed E-state index contributed by atoms with van der Waals surface area (Å²) in [7, 11) is 0. The van der Waals surface area contributed by atoms with Crippen LogP contribution < -0.4 is 0 Å². The summed E-state index contributed by atoms with van der Waals surface area (Å²) in [5.74, 6) is -0.122. The molecule has 1 unspecified atom stereocenters. The fourth-order valence-electron chi connectivity index (χ4n) is 3.77. The predicted molar refractivity (Wildman–Crippen MR) is 108 cm³/mol. The van der Waals surface area contributed by atoms with Crippen LogP contribution in [0.15, 0.2) is 60.2 Å². The Bertz CT molecular complexity index is 891. The maximum atomic E-state index is 13.4. The average molecular weight is 396 g/mol. The third-order valence-corrected chi connectivity index (χ3v) is 6.26. The van der Waals surface area contributed by atoms with Gasteiger partial charge in [0.2, 0.25) is 5.91 Å². The molecule has 1 amide bonds. The number of carbonyl (C=O) groups excluding carboxylic acids is 1. The van der Waals surface area contributed by atoms with Crippen LogP contribution in [0.3, 0.4) is 0 Å². The van der Waals surface area contributed by atoms with Gasteiger partial charge in [-0.2, -0.15) is 0 Å². The highest BCUT2D eigenvalue weighted by molar-refractivity contribution is 7.09. The van der Waals surface area contributed by atoms with Crippen LogP contribution in [0.2, 0.25) is 0 Å². The number of likely N-dealkylation sites (tertiary alicyclic amines) is 1. The smallest absolute Gasteiger partial charge is 0.230 e. The first-order valence-electron chi connectivity index (χ1n) is 9.54. The van der Waals surface area contributed by atoms with Gasteiger partial charge in [-0.3, -0.25) is 9.78 Å². The minimum absolute atomic E-state index is 0.0925. The van der Waals surface area contributed by atoms with E-state index in [9.17, 15) is 9.18 Å². The zero-order valence-electron chi connectivity index (χ0n) is 15.5. The molecule has 1 aliphatic heterocycles. The van der Waals surface area contributed by atoms with Gasteiger partial charge in [0.05, 0.1) is 10.9 Å². The number of aromatic nitrogens is 2. The summed E-state index contributed by atoms with van der Waals surface area (Å²) in [6.45, 7) is 1.45. The molecule has 144 valence electrons. The number of piperidine rings is 1. The number of pyridine rings is 1. The number of thiazole rings is 1. The molecule has 0 radical (unpaired) electrons. The predicted octanol–water partition coefficient (Wildman–Crippen LogP) is 4.41. The van der Waals surface area contributed by atoms with E-state index in [4.69, 9.17) is 0 Å². The second-order valence-corrected chi connectivity index (χ2v) is 8.03. The third kappa shape index (κ3) is 4.28. The van der Waals surface area contributed by atoms with Crippen molar-refractivity contribution in [2.75, 3.05) is 13.1 Å². The van der Waals surface area contributed by atoms with Crippen molar-refractivity contribution in [2.24, 2.45) is 0 Å². The minimum atomic E-state index is -0.355. The van der Waals surface area contributed by atoms with Gasteiger partial charge in [-0.25, -0.2) is 9.37 Å². The highest BCUT2D eigenvalue weighted by Gasteiger charge is 2.30. The van der Waals surface area contributed by atoms with E-state index in [0.717, 1.165) is 42.2 Å². The van der Waals surface area contributed by atoms with Gasteiger partial charge in [-0.15, -0.1) is 11.3 Å². The molecule has 0 aliphatic carbocycles. The first-order valence-corrected chi connectivity index (χ1v) is 10.4. The molecule has 1 aliphatic rings. The van der Waals surface area contributed by atoms with E-state index in [1.807, 2.05) is 34.7 Å². The van der Waals surface area contributed by atoms with Crippen molar-refractivity contribution in [2.45, 2.75) is 31.1 Å². The summed E-state index contributed by atoms with van der Waals surface area (Å²) in [5, 5.41) is 3.17. The van der Waals surface area contributed by atoms with Crippen molar-refractivity contribution >= 4 is 17.2 Å². The molecular formula is C22H22FN3OS. The number of halogens is 1. The third-order valence-electron chi connectivity index (χ3n) is 5.32. The topological polar surface area (TPSA) is 46.1 Å². The van der Waals surface area contributed by atoms with Gasteiger partial charge in [0, 0.05) is 48.9 Å². The molecule has 0 saturated carbocycles. The zero-order valence-corrected chi connectivity index (χ0v) is 16.3. The first kappa shape index (κ1) is 18.7. The van der Waals surface area contributed by atoms with Crippen LogP contribution in [0.25, 0.3) is 0 Å². The summed E-state index contributed by atoms with van der Waals surface area (Å²) in [5.41, 5.74) is 1.70. The Balaban J connectivity index is 1.51. The van der Waals surface area contributed by atoms with Crippen LogP contribution in [0.4, 0.5) is 4.39 Å². The molecule has 1 atom stereocenters. The minimum Gasteiger partial charge on any atom is -0.342 e. The normalized spacial score (nSPS) is 16.1. The molecular weight excluding hydrogens is 373 g/mol. The fourth-order valence-corrected chi connectivity index (χ4v) is 4.59. The molecule has 6 heteroatoms. The van der Waals surface area contributed by atoms with E-state index >= 15 is 0 Å². The largest absolute Gasteiger partial charge is 0.342 e. The molecule has 1 fully saturated rings. The van der Waals surface area contributed by atoms with Gasteiger partial charge < -0.3 is 4.90 Å². The molecule has 2 aromatic heterocycles. The monoisotopic (exact) mass is 395 g/mol. The number of amides is 1. The molecule has 1 saturated heterocycles. The lowest BCUT2D eigenvalue weighted by atomic mass is 9.90. The van der Waals surface area contributed by atoms with Gasteiger partial charge >= 0.3 is 0 Å². The number of rotatable bonds is 5.